The second-order valence-corrected chi connectivity index (χ2v) is 9.04. The third-order valence-corrected chi connectivity index (χ3v) is 6.39. The Morgan fingerprint density at radius 2 is 1.90 bits per heavy atom. The maximum absolute atomic E-state index is 12.9. The largest absolute Gasteiger partial charge is 0.487 e. The van der Waals surface area contributed by atoms with Crippen LogP contribution in [0.1, 0.15) is 22.8 Å². The van der Waals surface area contributed by atoms with Crippen LogP contribution in [0.3, 0.4) is 0 Å². The molecule has 9 heteroatoms. The van der Waals surface area contributed by atoms with Gasteiger partial charge >= 0.3 is 5.97 Å². The highest BCUT2D eigenvalue weighted by molar-refractivity contribution is 9.11. The lowest BCUT2D eigenvalue weighted by Gasteiger charge is -2.12. The molecule has 1 amide bonds. The van der Waals surface area contributed by atoms with Crippen LogP contribution in [0, 0.1) is 0 Å². The summed E-state index contributed by atoms with van der Waals surface area (Å²) >= 11 is 8.29. The number of hydrogen-bond donors (Lipinski definition) is 1. The van der Waals surface area contributed by atoms with E-state index in [1.807, 2.05) is 19.1 Å². The zero-order valence-corrected chi connectivity index (χ0v) is 20.5. The van der Waals surface area contributed by atoms with Gasteiger partial charge in [-0.15, -0.1) is 0 Å². The Kier molecular flexibility index (Phi) is 7.74. The summed E-state index contributed by atoms with van der Waals surface area (Å²) < 4.78 is 7.15. The molecular formula is C22H18Br2N2O4S. The van der Waals surface area contributed by atoms with E-state index in [4.69, 9.17) is 9.84 Å². The number of carboxylic acid groups (broad SMARTS) is 1. The number of aliphatic imine (C=N–C) groups is 1. The molecule has 160 valence electrons. The molecule has 1 aliphatic heterocycles. The molecule has 0 saturated carbocycles. The molecule has 2 aromatic carbocycles. The van der Waals surface area contributed by atoms with Crippen molar-refractivity contribution in [1.29, 1.82) is 0 Å². The fraction of sp³-hybridized carbons (Fsp3) is 0.136. The van der Waals surface area contributed by atoms with Crippen LogP contribution in [0.5, 0.6) is 5.75 Å². The standard InChI is InChI=1S/C22H18Br2N2O4S/c1-3-9-30-19-16(23)10-13(11-17(19)24)12-18-20(27)26(4-2)22(31-18)25-15-7-5-14(6-8-15)21(28)29/h3,5-8,10-12H,1,4,9H2,2H3,(H,28,29). The number of carbonyl (C=O) groups excluding carboxylic acids is 1. The third kappa shape index (κ3) is 5.47. The van der Waals surface area contributed by atoms with Crippen LogP contribution in [-0.2, 0) is 4.79 Å². The number of amidine groups is 1. The zero-order chi connectivity index (χ0) is 22.5. The Labute approximate surface area is 200 Å². The highest BCUT2D eigenvalue weighted by Crippen LogP contribution is 2.38. The minimum Gasteiger partial charge on any atom is -0.487 e. The van der Waals surface area contributed by atoms with Crippen LogP contribution >= 0.6 is 43.6 Å². The van der Waals surface area contributed by atoms with E-state index in [1.165, 1.54) is 23.9 Å². The van der Waals surface area contributed by atoms with Crippen molar-refractivity contribution < 1.29 is 19.4 Å². The van der Waals surface area contributed by atoms with Crippen molar-refractivity contribution in [3.05, 3.63) is 74.0 Å². The van der Waals surface area contributed by atoms with Gasteiger partial charge in [-0.2, -0.15) is 0 Å². The Balaban J connectivity index is 1.89. The molecule has 0 bridgehead atoms. The van der Waals surface area contributed by atoms with Crippen molar-refractivity contribution in [3.63, 3.8) is 0 Å². The van der Waals surface area contributed by atoms with Gasteiger partial charge in [-0.1, -0.05) is 12.7 Å². The molecule has 1 fully saturated rings. The van der Waals surface area contributed by atoms with Gasteiger partial charge in [0.15, 0.2) is 5.17 Å². The smallest absolute Gasteiger partial charge is 0.335 e. The Morgan fingerprint density at radius 1 is 1.26 bits per heavy atom. The fourth-order valence-electron chi connectivity index (χ4n) is 2.75. The number of halogens is 2. The van der Waals surface area contributed by atoms with Gasteiger partial charge in [-0.3, -0.25) is 9.69 Å². The molecule has 1 aliphatic rings. The van der Waals surface area contributed by atoms with E-state index < -0.39 is 5.97 Å². The van der Waals surface area contributed by atoms with Crippen molar-refractivity contribution in [3.8, 4) is 5.75 Å². The first-order valence-corrected chi connectivity index (χ1v) is 11.6. The molecule has 0 aliphatic carbocycles. The monoisotopic (exact) mass is 564 g/mol. The lowest BCUT2D eigenvalue weighted by molar-refractivity contribution is -0.122. The molecule has 0 spiro atoms. The first-order valence-electron chi connectivity index (χ1n) is 9.20. The minimum absolute atomic E-state index is 0.132. The number of ether oxygens (including phenoxy) is 1. The van der Waals surface area contributed by atoms with Crippen LogP contribution in [0.15, 0.2) is 67.9 Å². The van der Waals surface area contributed by atoms with Crippen LogP contribution in [0.2, 0.25) is 0 Å². The van der Waals surface area contributed by atoms with E-state index in [2.05, 4.69) is 43.4 Å². The Hall–Kier alpha value is -2.36. The third-order valence-electron chi connectivity index (χ3n) is 4.21. The number of amides is 1. The second-order valence-electron chi connectivity index (χ2n) is 6.32. The van der Waals surface area contributed by atoms with Crippen LogP contribution in [0.4, 0.5) is 5.69 Å². The number of rotatable bonds is 7. The average Bonchev–Trinajstić information content (AvgIpc) is 3.01. The SMILES string of the molecule is C=CCOc1c(Br)cc(C=C2SC(=Nc3ccc(C(=O)O)cc3)N(CC)C2=O)cc1Br. The molecule has 6 nitrogen and oxygen atoms in total. The quantitative estimate of drug-likeness (QED) is 0.324. The highest BCUT2D eigenvalue weighted by Gasteiger charge is 2.32. The topological polar surface area (TPSA) is 79.2 Å². The summed E-state index contributed by atoms with van der Waals surface area (Å²) in [6.45, 7) is 6.37. The van der Waals surface area contributed by atoms with E-state index in [1.54, 1.807) is 29.2 Å². The van der Waals surface area contributed by atoms with Gasteiger partial charge in [0.25, 0.3) is 5.91 Å². The van der Waals surface area contributed by atoms with Gasteiger partial charge in [0.2, 0.25) is 0 Å². The molecule has 1 saturated heterocycles. The summed E-state index contributed by atoms with van der Waals surface area (Å²) in [4.78, 5) is 30.6. The average molecular weight is 566 g/mol. The molecular weight excluding hydrogens is 548 g/mol. The highest BCUT2D eigenvalue weighted by atomic mass is 79.9. The van der Waals surface area contributed by atoms with Gasteiger partial charge in [0.05, 0.1) is 25.1 Å². The van der Waals surface area contributed by atoms with Gasteiger partial charge in [0, 0.05) is 6.54 Å². The van der Waals surface area contributed by atoms with Crippen molar-refractivity contribution in [1.82, 2.24) is 4.90 Å². The van der Waals surface area contributed by atoms with Crippen molar-refractivity contribution in [2.75, 3.05) is 13.2 Å². The normalized spacial score (nSPS) is 16.2. The molecule has 1 N–H and O–H groups in total. The molecule has 0 radical (unpaired) electrons. The summed E-state index contributed by atoms with van der Waals surface area (Å²) in [6.07, 6.45) is 3.47. The maximum Gasteiger partial charge on any atom is 0.335 e. The number of likely N-dealkylation sites (N-methyl/N-ethyl adjacent to an activating group) is 1. The fourth-order valence-corrected chi connectivity index (χ4v) is 5.27. The van der Waals surface area contributed by atoms with Gasteiger partial charge in [0.1, 0.15) is 12.4 Å². The summed E-state index contributed by atoms with van der Waals surface area (Å²) in [5, 5.41) is 9.58. The second kappa shape index (κ2) is 10.3. The number of nitrogens with zero attached hydrogens (tertiary/aromatic N) is 2. The number of carbonyl (C=O) groups is 2. The summed E-state index contributed by atoms with van der Waals surface area (Å²) in [5.74, 6) is -0.467. The van der Waals surface area contributed by atoms with Gasteiger partial charge in [-0.05, 0) is 98.6 Å². The Morgan fingerprint density at radius 3 is 2.45 bits per heavy atom. The summed E-state index contributed by atoms with van der Waals surface area (Å²) in [6, 6.07) is 9.96. The first-order chi connectivity index (χ1) is 14.8. The van der Waals surface area contributed by atoms with Crippen LogP contribution < -0.4 is 4.74 Å². The number of hydrogen-bond acceptors (Lipinski definition) is 5. The predicted octanol–water partition coefficient (Wildman–Crippen LogP) is 6.10. The van der Waals surface area contributed by atoms with E-state index in [0.29, 0.717) is 34.7 Å². The van der Waals surface area contributed by atoms with Crippen LogP contribution in [-0.4, -0.2) is 40.2 Å². The number of benzene rings is 2. The van der Waals surface area contributed by atoms with Crippen molar-refractivity contribution in [2.24, 2.45) is 4.99 Å². The Bertz CT molecular complexity index is 1070. The summed E-state index contributed by atoms with van der Waals surface area (Å²) in [5.41, 5.74) is 1.58. The van der Waals surface area contributed by atoms with E-state index in [-0.39, 0.29) is 11.5 Å². The molecule has 1 heterocycles. The number of carboxylic acids is 1. The zero-order valence-electron chi connectivity index (χ0n) is 16.5. The molecule has 0 atom stereocenters. The van der Waals surface area contributed by atoms with E-state index in [0.717, 1.165) is 14.5 Å². The number of thioether (sulfide) groups is 1. The van der Waals surface area contributed by atoms with E-state index >= 15 is 0 Å². The molecule has 3 rings (SSSR count). The predicted molar refractivity (Wildman–Crippen MR) is 131 cm³/mol. The van der Waals surface area contributed by atoms with Gasteiger partial charge in [-0.25, -0.2) is 9.79 Å². The van der Waals surface area contributed by atoms with Gasteiger partial charge < -0.3 is 9.84 Å². The molecule has 0 aromatic heterocycles. The lowest BCUT2D eigenvalue weighted by atomic mass is 10.2. The molecule has 0 unspecified atom stereocenters. The first kappa shape index (κ1) is 23.3. The maximum atomic E-state index is 12.9. The van der Waals surface area contributed by atoms with Crippen molar-refractivity contribution >= 4 is 72.4 Å². The molecule has 2 aromatic rings. The minimum atomic E-state index is -0.997. The summed E-state index contributed by atoms with van der Waals surface area (Å²) in [7, 11) is 0. The van der Waals surface area contributed by atoms with E-state index in [9.17, 15) is 9.59 Å². The van der Waals surface area contributed by atoms with Crippen molar-refractivity contribution in [2.45, 2.75) is 6.92 Å². The number of aromatic carboxylic acids is 1. The molecule has 31 heavy (non-hydrogen) atoms. The lowest BCUT2D eigenvalue weighted by Crippen LogP contribution is -2.28. The van der Waals surface area contributed by atoms with Crippen LogP contribution in [0.25, 0.3) is 6.08 Å².